The van der Waals surface area contributed by atoms with Gasteiger partial charge in [-0.3, -0.25) is 0 Å². The van der Waals surface area contributed by atoms with Crippen molar-refractivity contribution in [3.8, 4) is 0 Å². The average Bonchev–Trinajstić information content (AvgIpc) is 2.47. The van der Waals surface area contributed by atoms with E-state index in [2.05, 4.69) is 39.8 Å². The Bertz CT molecular complexity index is 549. The minimum absolute atomic E-state index is 0.188. The maximum Gasteiger partial charge on any atom is 0.104 e. The maximum atomic E-state index is 10.4. The summed E-state index contributed by atoms with van der Waals surface area (Å²) in [7, 11) is 0. The van der Waals surface area contributed by atoms with E-state index in [9.17, 15) is 5.11 Å². The van der Waals surface area contributed by atoms with Gasteiger partial charge in [-0.05, 0) is 35.4 Å². The highest BCUT2D eigenvalue weighted by Gasteiger charge is 2.18. The lowest BCUT2D eigenvalue weighted by atomic mass is 9.81. The normalized spacial score (nSPS) is 13.2. The van der Waals surface area contributed by atoms with E-state index in [1.165, 1.54) is 11.1 Å². The van der Waals surface area contributed by atoms with Gasteiger partial charge >= 0.3 is 0 Å². The quantitative estimate of drug-likeness (QED) is 0.847. The Labute approximate surface area is 122 Å². The molecule has 0 aliphatic heterocycles. The van der Waals surface area contributed by atoms with Crippen LogP contribution in [0.5, 0.6) is 0 Å². The van der Waals surface area contributed by atoms with Crippen molar-refractivity contribution in [2.24, 2.45) is 0 Å². The molecule has 0 heterocycles. The number of aryl methyl sites for hydroxylation is 1. The highest BCUT2D eigenvalue weighted by atomic mass is 16.3. The van der Waals surface area contributed by atoms with Crippen LogP contribution in [0.15, 0.2) is 48.5 Å². The average molecular weight is 268 g/mol. The van der Waals surface area contributed by atoms with Gasteiger partial charge in [0.1, 0.15) is 6.10 Å². The third-order valence-electron chi connectivity index (χ3n) is 4.28. The predicted molar refractivity (Wildman–Crippen MR) is 85.0 cm³/mol. The molecule has 0 spiro atoms. The van der Waals surface area contributed by atoms with Gasteiger partial charge in [0, 0.05) is 0 Å². The van der Waals surface area contributed by atoms with Crippen LogP contribution in [0.25, 0.3) is 0 Å². The zero-order valence-electron chi connectivity index (χ0n) is 12.9. The van der Waals surface area contributed by atoms with Gasteiger partial charge in [-0.1, -0.05) is 74.9 Å². The fourth-order valence-corrected chi connectivity index (χ4v) is 2.26. The van der Waals surface area contributed by atoms with Crippen molar-refractivity contribution in [2.75, 3.05) is 0 Å². The second-order valence-electron chi connectivity index (χ2n) is 6.17. The summed E-state index contributed by atoms with van der Waals surface area (Å²) in [6.07, 6.45) is 0.557. The molecule has 2 aromatic rings. The van der Waals surface area contributed by atoms with Gasteiger partial charge in [-0.25, -0.2) is 0 Å². The number of aliphatic hydroxyl groups is 1. The van der Waals surface area contributed by atoms with E-state index < -0.39 is 6.10 Å². The van der Waals surface area contributed by atoms with Gasteiger partial charge in [0.2, 0.25) is 0 Å². The summed E-state index contributed by atoms with van der Waals surface area (Å²) < 4.78 is 0. The van der Waals surface area contributed by atoms with Gasteiger partial charge in [0.05, 0.1) is 0 Å². The lowest BCUT2D eigenvalue weighted by Gasteiger charge is -2.24. The molecule has 1 N–H and O–H groups in total. The Morgan fingerprint density at radius 2 is 1.35 bits per heavy atom. The second kappa shape index (κ2) is 5.80. The minimum atomic E-state index is -0.547. The van der Waals surface area contributed by atoms with E-state index in [0.29, 0.717) is 0 Å². The predicted octanol–water partition coefficient (Wildman–Crippen LogP) is 4.76. The Morgan fingerprint density at radius 3 is 1.80 bits per heavy atom. The van der Waals surface area contributed by atoms with Crippen molar-refractivity contribution in [3.63, 3.8) is 0 Å². The summed E-state index contributed by atoms with van der Waals surface area (Å²) in [5, 5.41) is 10.4. The molecule has 0 bridgehead atoms. The fraction of sp³-hybridized carbons (Fsp3) is 0.368. The first-order valence-corrected chi connectivity index (χ1v) is 7.29. The first-order valence-electron chi connectivity index (χ1n) is 7.29. The topological polar surface area (TPSA) is 20.2 Å². The van der Waals surface area contributed by atoms with E-state index in [-0.39, 0.29) is 5.41 Å². The lowest BCUT2D eigenvalue weighted by Crippen LogP contribution is -2.15. The first kappa shape index (κ1) is 14.8. The Morgan fingerprint density at radius 1 is 0.900 bits per heavy atom. The Balaban J connectivity index is 2.23. The summed E-state index contributed by atoms with van der Waals surface area (Å²) in [6, 6.07) is 16.4. The third kappa shape index (κ3) is 3.10. The third-order valence-corrected chi connectivity index (χ3v) is 4.28. The van der Waals surface area contributed by atoms with Crippen molar-refractivity contribution in [1.29, 1.82) is 0 Å². The zero-order valence-corrected chi connectivity index (χ0v) is 12.9. The van der Waals surface area contributed by atoms with Crippen LogP contribution in [0.2, 0.25) is 0 Å². The lowest BCUT2D eigenvalue weighted by molar-refractivity contribution is 0.220. The molecule has 1 heteroatoms. The molecule has 0 fully saturated rings. The van der Waals surface area contributed by atoms with Crippen molar-refractivity contribution >= 4 is 0 Å². The molecular formula is C19H24O. The fourth-order valence-electron chi connectivity index (χ4n) is 2.26. The molecule has 1 unspecified atom stereocenters. The maximum absolute atomic E-state index is 10.4. The summed E-state index contributed by atoms with van der Waals surface area (Å²) >= 11 is 0. The van der Waals surface area contributed by atoms with Gasteiger partial charge in [0.15, 0.2) is 0 Å². The van der Waals surface area contributed by atoms with Crippen molar-refractivity contribution in [3.05, 3.63) is 70.8 Å². The standard InChI is InChI=1S/C19H24O/c1-5-19(3,4)17-12-10-16(11-13-17)18(20)15-8-6-14(2)7-9-15/h6-13,18,20H,5H2,1-4H3. The SMILES string of the molecule is CCC(C)(C)c1ccc(C(O)c2ccc(C)cc2)cc1. The molecule has 0 saturated heterocycles. The van der Waals surface area contributed by atoms with Crippen LogP contribution in [-0.4, -0.2) is 5.11 Å². The second-order valence-corrected chi connectivity index (χ2v) is 6.17. The molecule has 0 aliphatic carbocycles. The number of hydrogen-bond acceptors (Lipinski definition) is 1. The molecular weight excluding hydrogens is 244 g/mol. The minimum Gasteiger partial charge on any atom is -0.384 e. The molecule has 20 heavy (non-hydrogen) atoms. The van der Waals surface area contributed by atoms with Crippen LogP contribution in [0.1, 0.15) is 55.5 Å². The van der Waals surface area contributed by atoms with E-state index >= 15 is 0 Å². The van der Waals surface area contributed by atoms with Crippen LogP contribution in [-0.2, 0) is 5.41 Å². The van der Waals surface area contributed by atoms with E-state index in [0.717, 1.165) is 17.5 Å². The van der Waals surface area contributed by atoms with Crippen LogP contribution in [0.3, 0.4) is 0 Å². The smallest absolute Gasteiger partial charge is 0.104 e. The Kier molecular flexibility index (Phi) is 4.29. The summed E-state index contributed by atoms with van der Waals surface area (Å²) in [4.78, 5) is 0. The van der Waals surface area contributed by atoms with Gasteiger partial charge in [-0.15, -0.1) is 0 Å². The van der Waals surface area contributed by atoms with Gasteiger partial charge < -0.3 is 5.11 Å². The summed E-state index contributed by atoms with van der Waals surface area (Å²) in [5.74, 6) is 0. The van der Waals surface area contributed by atoms with Crippen LogP contribution < -0.4 is 0 Å². The molecule has 0 radical (unpaired) electrons. The molecule has 0 aliphatic rings. The highest BCUT2D eigenvalue weighted by molar-refractivity contribution is 5.35. The molecule has 2 rings (SSSR count). The summed E-state index contributed by atoms with van der Waals surface area (Å²) in [6.45, 7) is 8.75. The summed E-state index contributed by atoms with van der Waals surface area (Å²) in [5.41, 5.74) is 4.61. The van der Waals surface area contributed by atoms with Crippen LogP contribution >= 0.6 is 0 Å². The monoisotopic (exact) mass is 268 g/mol. The molecule has 1 atom stereocenters. The largest absolute Gasteiger partial charge is 0.384 e. The first-order chi connectivity index (χ1) is 9.44. The molecule has 106 valence electrons. The Hall–Kier alpha value is -1.60. The molecule has 0 saturated carbocycles. The molecule has 0 amide bonds. The van der Waals surface area contributed by atoms with E-state index in [1.807, 2.05) is 36.4 Å². The van der Waals surface area contributed by atoms with Crippen molar-refractivity contribution in [2.45, 2.75) is 45.6 Å². The molecule has 1 nitrogen and oxygen atoms in total. The highest BCUT2D eigenvalue weighted by Crippen LogP contribution is 2.29. The van der Waals surface area contributed by atoms with Crippen LogP contribution in [0.4, 0.5) is 0 Å². The zero-order chi connectivity index (χ0) is 14.8. The van der Waals surface area contributed by atoms with Gasteiger partial charge in [-0.2, -0.15) is 0 Å². The number of aliphatic hydroxyl groups excluding tert-OH is 1. The van der Waals surface area contributed by atoms with Gasteiger partial charge in [0.25, 0.3) is 0 Å². The number of rotatable bonds is 4. The van der Waals surface area contributed by atoms with Crippen molar-refractivity contribution < 1.29 is 5.11 Å². The van der Waals surface area contributed by atoms with E-state index in [4.69, 9.17) is 0 Å². The van der Waals surface area contributed by atoms with E-state index in [1.54, 1.807) is 0 Å². The number of benzene rings is 2. The molecule has 2 aromatic carbocycles. The van der Waals surface area contributed by atoms with Crippen LogP contribution in [0, 0.1) is 6.92 Å². The molecule has 0 aromatic heterocycles. The number of hydrogen-bond donors (Lipinski definition) is 1. The van der Waals surface area contributed by atoms with Crippen molar-refractivity contribution in [1.82, 2.24) is 0 Å².